The van der Waals surface area contributed by atoms with E-state index in [0.717, 1.165) is 29.2 Å². The van der Waals surface area contributed by atoms with E-state index in [1.54, 1.807) is 31.1 Å². The minimum atomic E-state index is -0.890. The zero-order chi connectivity index (χ0) is 14.5. The lowest BCUT2D eigenvalue weighted by Gasteiger charge is -2.06. The second-order valence-corrected chi connectivity index (χ2v) is 5.52. The molecule has 0 bridgehead atoms. The average Bonchev–Trinajstić information content (AvgIpc) is 2.85. The largest absolute Gasteiger partial charge is 0.478 e. The summed E-state index contributed by atoms with van der Waals surface area (Å²) in [7, 11) is 0. The summed E-state index contributed by atoms with van der Waals surface area (Å²) in [4.78, 5) is 16.3. The molecule has 1 aromatic carbocycles. The molecule has 0 aliphatic carbocycles. The molecule has 5 nitrogen and oxygen atoms in total. The van der Waals surface area contributed by atoms with Crippen molar-refractivity contribution < 1.29 is 9.90 Å². The van der Waals surface area contributed by atoms with Crippen molar-refractivity contribution in [1.29, 1.82) is 0 Å². The van der Waals surface area contributed by atoms with Gasteiger partial charge < -0.3 is 5.11 Å². The Morgan fingerprint density at radius 1 is 1.45 bits per heavy atom. The van der Waals surface area contributed by atoms with Gasteiger partial charge >= 0.3 is 5.97 Å². The summed E-state index contributed by atoms with van der Waals surface area (Å²) in [5.41, 5.74) is 1.13. The summed E-state index contributed by atoms with van der Waals surface area (Å²) >= 11 is 1.57. The Morgan fingerprint density at radius 2 is 2.25 bits per heavy atom. The van der Waals surface area contributed by atoms with Crippen LogP contribution in [0.5, 0.6) is 0 Å². The third-order valence-electron chi connectivity index (χ3n) is 2.94. The van der Waals surface area contributed by atoms with Crippen molar-refractivity contribution in [3.63, 3.8) is 0 Å². The number of carboxylic acids is 1. The van der Waals surface area contributed by atoms with Crippen molar-refractivity contribution >= 4 is 17.7 Å². The highest BCUT2D eigenvalue weighted by atomic mass is 32.2. The van der Waals surface area contributed by atoms with E-state index in [4.69, 9.17) is 5.11 Å². The summed E-state index contributed by atoms with van der Waals surface area (Å²) in [5.74, 6) is 0.704. The second kappa shape index (κ2) is 6.56. The van der Waals surface area contributed by atoms with E-state index in [1.807, 2.05) is 16.8 Å². The van der Waals surface area contributed by atoms with Crippen LogP contribution >= 0.6 is 11.8 Å². The zero-order valence-electron chi connectivity index (χ0n) is 11.5. The van der Waals surface area contributed by atoms with Gasteiger partial charge in [-0.05, 0) is 31.0 Å². The predicted octanol–water partition coefficient (Wildman–Crippen LogP) is 2.99. The first-order valence-electron chi connectivity index (χ1n) is 6.45. The summed E-state index contributed by atoms with van der Waals surface area (Å²) in [6.45, 7) is 4.75. The third kappa shape index (κ3) is 3.39. The lowest BCUT2D eigenvalue weighted by Crippen LogP contribution is -2.04. The van der Waals surface area contributed by atoms with E-state index < -0.39 is 5.97 Å². The minimum Gasteiger partial charge on any atom is -0.478 e. The van der Waals surface area contributed by atoms with E-state index in [-0.39, 0.29) is 0 Å². The van der Waals surface area contributed by atoms with E-state index in [9.17, 15) is 4.79 Å². The molecule has 0 aliphatic rings. The number of nitrogens with zero attached hydrogens (tertiary/aromatic N) is 3. The van der Waals surface area contributed by atoms with Crippen molar-refractivity contribution in [2.24, 2.45) is 0 Å². The molecule has 1 heterocycles. The van der Waals surface area contributed by atoms with Gasteiger partial charge in [-0.15, -0.1) is 11.8 Å². The first-order chi connectivity index (χ1) is 9.61. The Bertz CT molecular complexity index is 610. The third-order valence-corrected chi connectivity index (χ3v) is 3.93. The maximum Gasteiger partial charge on any atom is 0.335 e. The number of benzene rings is 1. The molecule has 0 spiro atoms. The highest BCUT2D eigenvalue weighted by Gasteiger charge is 2.09. The molecule has 0 aliphatic heterocycles. The quantitative estimate of drug-likeness (QED) is 0.829. The number of carboxylic acid groups (broad SMARTS) is 1. The number of aromatic carboxylic acids is 1. The zero-order valence-corrected chi connectivity index (χ0v) is 12.4. The lowest BCUT2D eigenvalue weighted by atomic mass is 10.1. The fourth-order valence-corrected chi connectivity index (χ4v) is 2.75. The van der Waals surface area contributed by atoms with Crippen molar-refractivity contribution in [2.45, 2.75) is 37.5 Å². The van der Waals surface area contributed by atoms with Crippen molar-refractivity contribution in [3.05, 3.63) is 41.5 Å². The van der Waals surface area contributed by atoms with Crippen LogP contribution in [-0.2, 0) is 12.3 Å². The van der Waals surface area contributed by atoms with Crippen LogP contribution in [0.15, 0.2) is 29.4 Å². The normalized spacial score (nSPS) is 10.7. The van der Waals surface area contributed by atoms with Gasteiger partial charge in [0.25, 0.3) is 0 Å². The molecular formula is C14H17N3O2S. The fraction of sp³-hybridized carbons (Fsp3) is 0.357. The van der Waals surface area contributed by atoms with Gasteiger partial charge in [0.05, 0.1) is 11.3 Å². The van der Waals surface area contributed by atoms with Crippen LogP contribution in [-0.4, -0.2) is 25.8 Å². The molecule has 0 saturated heterocycles. The van der Waals surface area contributed by atoms with Gasteiger partial charge in [-0.2, -0.15) is 5.10 Å². The molecule has 2 aromatic rings. The molecule has 0 fully saturated rings. The Kier molecular flexibility index (Phi) is 4.79. The molecule has 1 N–H and O–H groups in total. The van der Waals surface area contributed by atoms with Crippen molar-refractivity contribution in [1.82, 2.24) is 14.8 Å². The molecule has 0 amide bonds. The topological polar surface area (TPSA) is 68.0 Å². The number of aryl methyl sites for hydroxylation is 2. The maximum atomic E-state index is 11.1. The van der Waals surface area contributed by atoms with Crippen LogP contribution in [0.1, 0.15) is 35.1 Å². The number of carbonyl (C=O) groups is 1. The average molecular weight is 291 g/mol. The smallest absolute Gasteiger partial charge is 0.335 e. The molecule has 0 unspecified atom stereocenters. The Labute approximate surface area is 122 Å². The van der Waals surface area contributed by atoms with E-state index >= 15 is 0 Å². The summed E-state index contributed by atoms with van der Waals surface area (Å²) < 4.78 is 1.89. The number of thioether (sulfide) groups is 1. The number of aromatic nitrogens is 3. The second-order valence-electron chi connectivity index (χ2n) is 4.47. The van der Waals surface area contributed by atoms with Gasteiger partial charge in [-0.3, -0.25) is 0 Å². The van der Waals surface area contributed by atoms with Gasteiger partial charge in [0, 0.05) is 11.4 Å². The van der Waals surface area contributed by atoms with Crippen LogP contribution in [0.2, 0.25) is 0 Å². The molecule has 0 atom stereocenters. The molecule has 0 saturated carbocycles. The molecule has 106 valence electrons. The SMILES string of the molecule is CCCn1ncnc1CSc1ccc(C)c(C(=O)O)c1. The van der Waals surface area contributed by atoms with Gasteiger partial charge in [-0.25, -0.2) is 14.5 Å². The molecule has 1 aromatic heterocycles. The standard InChI is InChI=1S/C14H17N3O2S/c1-3-6-17-13(15-9-16-17)8-20-11-5-4-10(2)12(7-11)14(18)19/h4-5,7,9H,3,6,8H2,1-2H3,(H,18,19). The lowest BCUT2D eigenvalue weighted by molar-refractivity contribution is 0.0696. The molecule has 2 rings (SSSR count). The van der Waals surface area contributed by atoms with Crippen molar-refractivity contribution in [3.8, 4) is 0 Å². The first kappa shape index (κ1) is 14.6. The maximum absolute atomic E-state index is 11.1. The van der Waals surface area contributed by atoms with Crippen molar-refractivity contribution in [2.75, 3.05) is 0 Å². The minimum absolute atomic E-state index is 0.352. The summed E-state index contributed by atoms with van der Waals surface area (Å²) in [6, 6.07) is 5.48. The highest BCUT2D eigenvalue weighted by Crippen LogP contribution is 2.24. The predicted molar refractivity (Wildman–Crippen MR) is 78.0 cm³/mol. The van der Waals surface area contributed by atoms with E-state index in [1.165, 1.54) is 0 Å². The van der Waals surface area contributed by atoms with Crippen LogP contribution in [0, 0.1) is 6.92 Å². The van der Waals surface area contributed by atoms with Crippen LogP contribution in [0.3, 0.4) is 0 Å². The number of hydrogen-bond donors (Lipinski definition) is 1. The van der Waals surface area contributed by atoms with E-state index in [2.05, 4.69) is 17.0 Å². The summed E-state index contributed by atoms with van der Waals surface area (Å²) in [5, 5.41) is 13.3. The Morgan fingerprint density at radius 3 is 2.95 bits per heavy atom. The molecular weight excluding hydrogens is 274 g/mol. The Balaban J connectivity index is 2.09. The highest BCUT2D eigenvalue weighted by molar-refractivity contribution is 7.98. The van der Waals surface area contributed by atoms with Gasteiger partial charge in [0.2, 0.25) is 0 Å². The molecule has 6 heteroatoms. The number of hydrogen-bond acceptors (Lipinski definition) is 4. The summed E-state index contributed by atoms with van der Waals surface area (Å²) in [6.07, 6.45) is 2.57. The first-order valence-corrected chi connectivity index (χ1v) is 7.43. The monoisotopic (exact) mass is 291 g/mol. The van der Waals surface area contributed by atoms with Crippen LogP contribution < -0.4 is 0 Å². The van der Waals surface area contributed by atoms with Gasteiger partial charge in [0.1, 0.15) is 12.2 Å². The molecule has 0 radical (unpaired) electrons. The van der Waals surface area contributed by atoms with Gasteiger partial charge in [-0.1, -0.05) is 13.0 Å². The fourth-order valence-electron chi connectivity index (χ4n) is 1.87. The van der Waals surface area contributed by atoms with Gasteiger partial charge in [0.15, 0.2) is 0 Å². The Hall–Kier alpha value is -1.82. The van der Waals surface area contributed by atoms with Crippen LogP contribution in [0.4, 0.5) is 0 Å². The molecule has 20 heavy (non-hydrogen) atoms. The van der Waals surface area contributed by atoms with Crippen LogP contribution in [0.25, 0.3) is 0 Å². The number of rotatable bonds is 6. The van der Waals surface area contributed by atoms with E-state index in [0.29, 0.717) is 11.3 Å².